The molecule has 0 aromatic heterocycles. The Bertz CT molecular complexity index is 447. The van der Waals surface area contributed by atoms with E-state index in [2.05, 4.69) is 5.32 Å². The minimum atomic E-state index is -4.60. The van der Waals surface area contributed by atoms with Gasteiger partial charge in [-0.25, -0.2) is 0 Å². The average Bonchev–Trinajstić information content (AvgIpc) is 2.44. The van der Waals surface area contributed by atoms with Crippen LogP contribution < -0.4 is 9.67 Å². The fraction of sp³-hybridized carbons (Fsp3) is 0.462. The maximum atomic E-state index is 10.6. The van der Waals surface area contributed by atoms with Gasteiger partial charge in [0.25, 0.3) is 0 Å². The van der Waals surface area contributed by atoms with Gasteiger partial charge in [0.15, 0.2) is 0 Å². The van der Waals surface area contributed by atoms with Crippen molar-refractivity contribution < 1.29 is 26.9 Å². The molecule has 120 valence electrons. The van der Waals surface area contributed by atoms with E-state index in [4.69, 9.17) is 18.4 Å². The summed E-state index contributed by atoms with van der Waals surface area (Å²) in [5.74, 6) is -0.896. The Hall–Kier alpha value is -1.11. The van der Waals surface area contributed by atoms with Gasteiger partial charge in [-0.15, -0.1) is 0 Å². The van der Waals surface area contributed by atoms with E-state index in [0.29, 0.717) is 6.54 Å². The number of carbonyl (C=O) groups is 1. The van der Waals surface area contributed by atoms with Gasteiger partial charge < -0.3 is 15.5 Å². The molecular formula is C13H22AsNO6. The first kappa shape index (κ1) is 19.9. The first-order valence-corrected chi connectivity index (χ1v) is 9.89. The molecule has 0 amide bonds. The first-order chi connectivity index (χ1) is 9.82. The zero-order chi connectivity index (χ0) is 16.3. The number of benzene rings is 1. The summed E-state index contributed by atoms with van der Waals surface area (Å²) >= 11 is -4.60. The van der Waals surface area contributed by atoms with E-state index < -0.39 is 26.2 Å². The van der Waals surface area contributed by atoms with Crippen LogP contribution >= 0.6 is 0 Å². The van der Waals surface area contributed by atoms with Gasteiger partial charge in [0.05, 0.1) is 0 Å². The number of hydrogen-bond donors (Lipinski definition) is 5. The summed E-state index contributed by atoms with van der Waals surface area (Å²) in [6, 6.07) is 7.19. The summed E-state index contributed by atoms with van der Waals surface area (Å²) in [7, 11) is 0. The molecule has 21 heavy (non-hydrogen) atoms. The van der Waals surface area contributed by atoms with Crippen molar-refractivity contribution >= 4 is 24.5 Å². The van der Waals surface area contributed by atoms with Crippen LogP contribution in [0.5, 0.6) is 0 Å². The molecule has 0 aliphatic heterocycles. The molecule has 5 N–H and O–H groups in total. The van der Waals surface area contributed by atoms with Crippen LogP contribution in [-0.4, -0.2) is 57.7 Å². The van der Waals surface area contributed by atoms with Crippen molar-refractivity contribution in [3.05, 3.63) is 30.3 Å². The third kappa shape index (κ3) is 9.44. The van der Waals surface area contributed by atoms with Gasteiger partial charge in [-0.3, -0.25) is 4.79 Å². The maximum absolute atomic E-state index is 10.6. The molecule has 1 atom stereocenters. The second-order valence-corrected chi connectivity index (χ2v) is 7.60. The predicted octanol–water partition coefficient (Wildman–Crippen LogP) is -0.931. The van der Waals surface area contributed by atoms with Crippen LogP contribution in [0, 0.1) is 0 Å². The molecule has 7 nitrogen and oxygen atoms in total. The van der Waals surface area contributed by atoms with E-state index in [-0.39, 0.29) is 17.4 Å². The Morgan fingerprint density at radius 3 is 2.19 bits per heavy atom. The van der Waals surface area contributed by atoms with E-state index in [1.54, 1.807) is 18.2 Å². The van der Waals surface area contributed by atoms with Crippen molar-refractivity contribution in [1.29, 1.82) is 0 Å². The average molecular weight is 363 g/mol. The van der Waals surface area contributed by atoms with Crippen LogP contribution in [0.2, 0.25) is 0 Å². The van der Waals surface area contributed by atoms with Gasteiger partial charge in [0.1, 0.15) is 6.04 Å². The minimum absolute atomic E-state index is 0.0896. The SMILES string of the molecule is CCCN[C@@H](CCO)C(=O)O.O=[As](O)(O)c1ccccc1. The Balaban J connectivity index is 0.000000382. The van der Waals surface area contributed by atoms with Crippen molar-refractivity contribution in [2.24, 2.45) is 0 Å². The van der Waals surface area contributed by atoms with Gasteiger partial charge in [-0.1, -0.05) is 6.92 Å². The Morgan fingerprint density at radius 2 is 1.86 bits per heavy atom. The number of nitrogens with one attached hydrogen (secondary N) is 1. The molecule has 0 spiro atoms. The summed E-state index contributed by atoms with van der Waals surface area (Å²) in [4.78, 5) is 10.4. The van der Waals surface area contributed by atoms with Gasteiger partial charge in [-0.2, -0.15) is 0 Å². The number of aliphatic hydroxyl groups is 1. The number of carboxylic acids is 1. The Morgan fingerprint density at radius 1 is 1.29 bits per heavy atom. The quantitative estimate of drug-likeness (QED) is 0.396. The molecule has 1 rings (SSSR count). The second kappa shape index (κ2) is 10.6. The van der Waals surface area contributed by atoms with Crippen LogP contribution in [0.1, 0.15) is 19.8 Å². The predicted molar refractivity (Wildman–Crippen MR) is 78.4 cm³/mol. The molecule has 0 fully saturated rings. The second-order valence-electron chi connectivity index (χ2n) is 4.24. The molecular weight excluding hydrogens is 341 g/mol. The monoisotopic (exact) mass is 363 g/mol. The normalized spacial score (nSPS) is 12.2. The molecule has 0 heterocycles. The molecule has 8 heteroatoms. The van der Waals surface area contributed by atoms with E-state index in [1.807, 2.05) is 6.92 Å². The third-order valence-electron chi connectivity index (χ3n) is 2.45. The molecule has 0 aliphatic rings. The summed E-state index contributed by atoms with van der Waals surface area (Å²) < 4.78 is 28.0. The first-order valence-electron chi connectivity index (χ1n) is 6.51. The van der Waals surface area contributed by atoms with Crippen molar-refractivity contribution in [3.63, 3.8) is 0 Å². The Kier molecular flexibility index (Phi) is 10.0. The molecule has 0 radical (unpaired) electrons. The van der Waals surface area contributed by atoms with Crippen LogP contribution in [-0.2, 0) is 8.53 Å². The molecule has 0 unspecified atom stereocenters. The fourth-order valence-electron chi connectivity index (χ4n) is 1.38. The number of carboxylic acid groups (broad SMARTS) is 1. The summed E-state index contributed by atoms with van der Waals surface area (Å²) in [5, 5.41) is 19.8. The van der Waals surface area contributed by atoms with Crippen LogP contribution in [0.4, 0.5) is 0 Å². The van der Waals surface area contributed by atoms with Gasteiger partial charge in [0.2, 0.25) is 0 Å². The molecule has 0 bridgehead atoms. The van der Waals surface area contributed by atoms with E-state index >= 15 is 0 Å². The van der Waals surface area contributed by atoms with Crippen molar-refractivity contribution in [1.82, 2.24) is 5.32 Å². The number of aliphatic hydroxyl groups excluding tert-OH is 1. The summed E-state index contributed by atoms with van der Waals surface area (Å²) in [5.41, 5.74) is 0. The zero-order valence-corrected chi connectivity index (χ0v) is 13.7. The molecule has 1 aromatic rings. The molecule has 0 aliphatic carbocycles. The van der Waals surface area contributed by atoms with Crippen LogP contribution in [0.3, 0.4) is 0 Å². The molecule has 1 aromatic carbocycles. The van der Waals surface area contributed by atoms with E-state index in [1.165, 1.54) is 12.1 Å². The zero-order valence-electron chi connectivity index (χ0n) is 11.8. The fourth-order valence-corrected chi connectivity index (χ4v) is 2.56. The number of aliphatic carboxylic acids is 1. The van der Waals surface area contributed by atoms with Gasteiger partial charge in [-0.05, 0) is 19.4 Å². The summed E-state index contributed by atoms with van der Waals surface area (Å²) in [6.45, 7) is 2.55. The number of hydrogen-bond acceptors (Lipinski definition) is 4. The number of rotatable bonds is 7. The van der Waals surface area contributed by atoms with Gasteiger partial charge >= 0.3 is 66.8 Å². The standard InChI is InChI=1S/C7H15NO3.C6H7AsO3/c1-2-4-8-6(3-5-9)7(10)11;8-7(9,10)6-4-2-1-3-5-6/h6,8-9H,2-5H2,1H3,(H,10,11);1-5H,(H2,8,9,10)/t6-;/m0./s1. The molecule has 0 saturated carbocycles. The van der Waals surface area contributed by atoms with Crippen LogP contribution in [0.25, 0.3) is 0 Å². The molecule has 0 saturated heterocycles. The van der Waals surface area contributed by atoms with E-state index in [9.17, 15) is 8.53 Å². The van der Waals surface area contributed by atoms with Gasteiger partial charge in [0, 0.05) is 6.61 Å². The van der Waals surface area contributed by atoms with Crippen molar-refractivity contribution in [2.45, 2.75) is 25.8 Å². The van der Waals surface area contributed by atoms with Crippen molar-refractivity contribution in [3.8, 4) is 0 Å². The Labute approximate surface area is 126 Å². The van der Waals surface area contributed by atoms with Crippen molar-refractivity contribution in [2.75, 3.05) is 13.2 Å². The summed E-state index contributed by atoms with van der Waals surface area (Å²) in [6.07, 6.45) is 1.17. The third-order valence-corrected chi connectivity index (χ3v) is 4.49. The van der Waals surface area contributed by atoms with Crippen LogP contribution in [0.15, 0.2) is 30.3 Å². The topological polar surface area (TPSA) is 127 Å². The van der Waals surface area contributed by atoms with E-state index in [0.717, 1.165) is 6.42 Å².